The van der Waals surface area contributed by atoms with Crippen LogP contribution in [0.1, 0.15) is 46.8 Å². The quantitative estimate of drug-likeness (QED) is 0.781. The van der Waals surface area contributed by atoms with Crippen LogP contribution < -0.4 is 0 Å². The van der Waals surface area contributed by atoms with Crippen molar-refractivity contribution < 1.29 is 9.90 Å². The van der Waals surface area contributed by atoms with Gasteiger partial charge in [-0.1, -0.05) is 26.0 Å². The van der Waals surface area contributed by atoms with E-state index < -0.39 is 5.97 Å². The van der Waals surface area contributed by atoms with Gasteiger partial charge in [0.25, 0.3) is 0 Å². The maximum Gasteiger partial charge on any atom is 0.336 e. The summed E-state index contributed by atoms with van der Waals surface area (Å²) in [6.07, 6.45) is 0. The normalized spacial score (nSPS) is 10.6. The molecule has 0 aliphatic carbocycles. The van der Waals surface area contributed by atoms with Crippen LogP contribution >= 0.6 is 0 Å². The summed E-state index contributed by atoms with van der Waals surface area (Å²) in [5.41, 5.74) is 3.33. The van der Waals surface area contributed by atoms with E-state index in [1.165, 1.54) is 0 Å². The van der Waals surface area contributed by atoms with Crippen molar-refractivity contribution >= 4 is 5.97 Å². The number of carboxylic acid groups (broad SMARTS) is 1. The number of hydrogen-bond acceptors (Lipinski definition) is 1. The van der Waals surface area contributed by atoms with Gasteiger partial charge in [0.2, 0.25) is 0 Å². The van der Waals surface area contributed by atoms with Gasteiger partial charge in [-0.25, -0.2) is 4.79 Å². The Labute approximate surface area is 84.6 Å². The van der Waals surface area contributed by atoms with E-state index in [4.69, 9.17) is 5.11 Å². The molecule has 0 fully saturated rings. The van der Waals surface area contributed by atoms with Gasteiger partial charge in [0.05, 0.1) is 5.56 Å². The molecule has 0 saturated carbocycles. The Kier molecular flexibility index (Phi) is 2.94. The molecule has 1 rings (SSSR count). The van der Waals surface area contributed by atoms with E-state index in [9.17, 15) is 4.79 Å². The van der Waals surface area contributed by atoms with E-state index >= 15 is 0 Å². The Morgan fingerprint density at radius 3 is 2.07 bits per heavy atom. The average molecular weight is 192 g/mol. The minimum Gasteiger partial charge on any atom is -0.478 e. The molecule has 2 heteroatoms. The van der Waals surface area contributed by atoms with E-state index in [0.717, 1.165) is 16.7 Å². The molecule has 0 amide bonds. The Hall–Kier alpha value is -1.31. The largest absolute Gasteiger partial charge is 0.478 e. The molecule has 0 aliphatic heterocycles. The first-order chi connectivity index (χ1) is 6.45. The molecule has 2 nitrogen and oxygen atoms in total. The Morgan fingerprint density at radius 2 is 1.71 bits per heavy atom. The first-order valence-electron chi connectivity index (χ1n) is 4.78. The summed E-state index contributed by atoms with van der Waals surface area (Å²) in [5.74, 6) is -0.573. The Bertz CT molecular complexity index is 365. The van der Waals surface area contributed by atoms with Crippen LogP contribution in [-0.2, 0) is 0 Å². The predicted molar refractivity (Wildman–Crippen MR) is 57.0 cm³/mol. The topological polar surface area (TPSA) is 37.3 Å². The van der Waals surface area contributed by atoms with Crippen LogP contribution in [0.25, 0.3) is 0 Å². The molecule has 0 spiro atoms. The molecule has 1 N–H and O–H groups in total. The molecule has 1 aromatic rings. The highest BCUT2D eigenvalue weighted by molar-refractivity contribution is 5.91. The molecule has 1 aromatic carbocycles. The molecule has 0 unspecified atom stereocenters. The Morgan fingerprint density at radius 1 is 1.21 bits per heavy atom. The monoisotopic (exact) mass is 192 g/mol. The second-order valence-corrected chi connectivity index (χ2v) is 3.95. The number of hydrogen-bond donors (Lipinski definition) is 1. The fourth-order valence-corrected chi connectivity index (χ4v) is 1.86. The fraction of sp³-hybridized carbons (Fsp3) is 0.417. The maximum absolute atomic E-state index is 11.1. The first kappa shape index (κ1) is 10.8. The van der Waals surface area contributed by atoms with E-state index in [2.05, 4.69) is 0 Å². The SMILES string of the molecule is Cc1ccc(C)c(C(C)C)c1C(=O)O. The summed E-state index contributed by atoms with van der Waals surface area (Å²) in [6.45, 7) is 7.85. The third kappa shape index (κ3) is 1.79. The molecule has 0 atom stereocenters. The van der Waals surface area contributed by atoms with Crippen molar-refractivity contribution in [2.24, 2.45) is 0 Å². The fourth-order valence-electron chi connectivity index (χ4n) is 1.86. The van der Waals surface area contributed by atoms with Crippen molar-refractivity contribution in [2.75, 3.05) is 0 Å². The average Bonchev–Trinajstić information content (AvgIpc) is 2.07. The lowest BCUT2D eigenvalue weighted by Gasteiger charge is -2.15. The molecule has 76 valence electrons. The van der Waals surface area contributed by atoms with Crippen LogP contribution in [0.15, 0.2) is 12.1 Å². The van der Waals surface area contributed by atoms with Crippen LogP contribution in [0.2, 0.25) is 0 Å². The molecule has 0 heterocycles. The van der Waals surface area contributed by atoms with Crippen molar-refractivity contribution in [3.63, 3.8) is 0 Å². The lowest BCUT2D eigenvalue weighted by atomic mass is 9.90. The van der Waals surface area contributed by atoms with E-state index in [1.807, 2.05) is 39.8 Å². The number of benzene rings is 1. The van der Waals surface area contributed by atoms with Gasteiger partial charge in [-0.3, -0.25) is 0 Å². The highest BCUT2D eigenvalue weighted by Gasteiger charge is 2.17. The predicted octanol–water partition coefficient (Wildman–Crippen LogP) is 3.13. The minimum atomic E-state index is -0.824. The van der Waals surface area contributed by atoms with Crippen LogP contribution in [-0.4, -0.2) is 11.1 Å². The zero-order valence-corrected chi connectivity index (χ0v) is 9.09. The number of carboxylic acids is 1. The van der Waals surface area contributed by atoms with Gasteiger partial charge in [0.1, 0.15) is 0 Å². The number of carbonyl (C=O) groups is 1. The number of aromatic carboxylic acids is 1. The van der Waals surface area contributed by atoms with Crippen molar-refractivity contribution in [3.8, 4) is 0 Å². The number of aryl methyl sites for hydroxylation is 2. The van der Waals surface area contributed by atoms with Crippen LogP contribution in [0.4, 0.5) is 0 Å². The maximum atomic E-state index is 11.1. The minimum absolute atomic E-state index is 0.251. The zero-order valence-electron chi connectivity index (χ0n) is 9.09. The number of rotatable bonds is 2. The van der Waals surface area contributed by atoms with Gasteiger partial charge >= 0.3 is 5.97 Å². The highest BCUT2D eigenvalue weighted by Crippen LogP contribution is 2.26. The molecule has 0 bridgehead atoms. The summed E-state index contributed by atoms with van der Waals surface area (Å²) >= 11 is 0. The van der Waals surface area contributed by atoms with Crippen molar-refractivity contribution in [2.45, 2.75) is 33.6 Å². The molecular weight excluding hydrogens is 176 g/mol. The second-order valence-electron chi connectivity index (χ2n) is 3.95. The lowest BCUT2D eigenvalue weighted by molar-refractivity contribution is 0.0694. The Balaban J connectivity index is 3.50. The summed E-state index contributed by atoms with van der Waals surface area (Å²) < 4.78 is 0. The molecule has 0 aromatic heterocycles. The van der Waals surface area contributed by atoms with Gasteiger partial charge in [0, 0.05) is 0 Å². The molecule has 0 aliphatic rings. The molecule has 0 radical (unpaired) electrons. The second kappa shape index (κ2) is 3.82. The van der Waals surface area contributed by atoms with Crippen LogP contribution in [0, 0.1) is 13.8 Å². The standard InChI is InChI=1S/C12H16O2/c1-7(2)10-8(3)5-6-9(4)11(10)12(13)14/h5-7H,1-4H3,(H,13,14). The smallest absolute Gasteiger partial charge is 0.336 e. The molecule has 14 heavy (non-hydrogen) atoms. The lowest BCUT2D eigenvalue weighted by Crippen LogP contribution is -2.08. The van der Waals surface area contributed by atoms with Gasteiger partial charge in [-0.05, 0) is 36.5 Å². The summed E-state index contributed by atoms with van der Waals surface area (Å²) in [7, 11) is 0. The molecule has 0 saturated heterocycles. The summed E-state index contributed by atoms with van der Waals surface area (Å²) in [4.78, 5) is 11.1. The van der Waals surface area contributed by atoms with Gasteiger partial charge in [0.15, 0.2) is 0 Å². The van der Waals surface area contributed by atoms with E-state index in [1.54, 1.807) is 0 Å². The summed E-state index contributed by atoms with van der Waals surface area (Å²) in [5, 5.41) is 9.12. The first-order valence-corrected chi connectivity index (χ1v) is 4.78. The third-order valence-electron chi connectivity index (χ3n) is 2.46. The van der Waals surface area contributed by atoms with Crippen molar-refractivity contribution in [3.05, 3.63) is 34.4 Å². The van der Waals surface area contributed by atoms with E-state index in [0.29, 0.717) is 5.56 Å². The van der Waals surface area contributed by atoms with Crippen LogP contribution in [0.3, 0.4) is 0 Å². The van der Waals surface area contributed by atoms with Crippen molar-refractivity contribution in [1.29, 1.82) is 0 Å². The van der Waals surface area contributed by atoms with Gasteiger partial charge in [-0.2, -0.15) is 0 Å². The molecular formula is C12H16O2. The highest BCUT2D eigenvalue weighted by atomic mass is 16.4. The van der Waals surface area contributed by atoms with Crippen molar-refractivity contribution in [1.82, 2.24) is 0 Å². The van der Waals surface area contributed by atoms with E-state index in [-0.39, 0.29) is 5.92 Å². The zero-order chi connectivity index (χ0) is 10.9. The van der Waals surface area contributed by atoms with Gasteiger partial charge in [-0.15, -0.1) is 0 Å². The van der Waals surface area contributed by atoms with Gasteiger partial charge < -0.3 is 5.11 Å². The third-order valence-corrected chi connectivity index (χ3v) is 2.46. The van der Waals surface area contributed by atoms with Crippen LogP contribution in [0.5, 0.6) is 0 Å². The summed E-state index contributed by atoms with van der Waals surface area (Å²) in [6, 6.07) is 3.85.